The molecule has 5 nitrogen and oxygen atoms in total. The molecule has 0 aliphatic carbocycles. The van der Waals surface area contributed by atoms with Gasteiger partial charge in [0.15, 0.2) is 20.5 Å². The molecule has 0 radical (unpaired) electrons. The number of rotatable bonds is 6. The number of thioether (sulfide) groups is 1. The van der Waals surface area contributed by atoms with Crippen molar-refractivity contribution in [3.8, 4) is 11.4 Å². The first-order valence-electron chi connectivity index (χ1n) is 11.0. The van der Waals surface area contributed by atoms with E-state index in [4.69, 9.17) is 17.2 Å². The zero-order valence-electron chi connectivity index (χ0n) is 19.1. The summed E-state index contributed by atoms with van der Waals surface area (Å²) in [6, 6.07) is 24.5. The van der Waals surface area contributed by atoms with Crippen LogP contribution in [0.2, 0.25) is 0 Å². The Morgan fingerprint density at radius 1 is 0.914 bits per heavy atom. The molecule has 0 N–H and O–H groups in total. The van der Waals surface area contributed by atoms with Crippen molar-refractivity contribution in [2.45, 2.75) is 19.0 Å². The number of ketones is 1. The minimum absolute atomic E-state index is 0.0264. The molecule has 2 heterocycles. The molecule has 8 heteroatoms. The van der Waals surface area contributed by atoms with E-state index >= 15 is 0 Å². The molecule has 0 aliphatic heterocycles. The Balaban J connectivity index is 1.71. The van der Waals surface area contributed by atoms with E-state index < -0.39 is 0 Å². The molecule has 0 spiro atoms. The zero-order chi connectivity index (χ0) is 24.5. The van der Waals surface area contributed by atoms with E-state index in [1.807, 2.05) is 85.1 Å². The van der Waals surface area contributed by atoms with Gasteiger partial charge in [0.1, 0.15) is 4.70 Å². The molecule has 5 aromatic rings. The summed E-state index contributed by atoms with van der Waals surface area (Å²) < 4.78 is 4.51. The second-order valence-electron chi connectivity index (χ2n) is 8.04. The number of para-hydroxylation sites is 2. The van der Waals surface area contributed by atoms with Crippen molar-refractivity contribution in [2.24, 2.45) is 0 Å². The van der Waals surface area contributed by atoms with E-state index in [-0.39, 0.29) is 17.1 Å². The van der Waals surface area contributed by atoms with Crippen LogP contribution < -0.4 is 5.56 Å². The molecule has 5 rings (SSSR count). The second kappa shape index (κ2) is 9.73. The molecule has 174 valence electrons. The van der Waals surface area contributed by atoms with Crippen LogP contribution in [0, 0.1) is 17.8 Å². The summed E-state index contributed by atoms with van der Waals surface area (Å²) in [5.74, 6) is 0.129. The van der Waals surface area contributed by atoms with Gasteiger partial charge in [-0.2, -0.15) is 0 Å². The Morgan fingerprint density at radius 3 is 2.20 bits per heavy atom. The SMILES string of the molecule is Cc1cccc(C)c1-n1c(=S)sc2c(=O)n(-c3ccccc3)c(SCC(=O)c3ccccc3)nc21. The smallest absolute Gasteiger partial charge is 0.278 e. The predicted molar refractivity (Wildman–Crippen MR) is 146 cm³/mol. The third kappa shape index (κ3) is 4.40. The van der Waals surface area contributed by atoms with Crippen molar-refractivity contribution >= 4 is 51.4 Å². The van der Waals surface area contributed by atoms with Crippen molar-refractivity contribution < 1.29 is 4.79 Å². The molecular weight excluding hydrogens is 495 g/mol. The van der Waals surface area contributed by atoms with Crippen LogP contribution in [-0.4, -0.2) is 25.7 Å². The van der Waals surface area contributed by atoms with E-state index in [9.17, 15) is 9.59 Å². The average molecular weight is 516 g/mol. The normalized spacial score (nSPS) is 11.1. The lowest BCUT2D eigenvalue weighted by atomic mass is 10.1. The van der Waals surface area contributed by atoms with Gasteiger partial charge in [-0.05, 0) is 49.3 Å². The molecule has 0 bridgehead atoms. The van der Waals surface area contributed by atoms with Crippen LogP contribution in [0.4, 0.5) is 0 Å². The van der Waals surface area contributed by atoms with E-state index in [2.05, 4.69) is 0 Å². The number of thiazole rings is 1. The van der Waals surface area contributed by atoms with Crippen LogP contribution in [0.3, 0.4) is 0 Å². The fraction of sp³-hybridized carbons (Fsp3) is 0.111. The number of fused-ring (bicyclic) bond motifs is 1. The average Bonchev–Trinajstić information content (AvgIpc) is 3.19. The van der Waals surface area contributed by atoms with Crippen molar-refractivity contribution in [3.63, 3.8) is 0 Å². The summed E-state index contributed by atoms with van der Waals surface area (Å²) in [5.41, 5.74) is 4.67. The summed E-state index contributed by atoms with van der Waals surface area (Å²) >= 11 is 8.24. The summed E-state index contributed by atoms with van der Waals surface area (Å²) in [7, 11) is 0. The lowest BCUT2D eigenvalue weighted by Crippen LogP contribution is -2.22. The molecule has 35 heavy (non-hydrogen) atoms. The quantitative estimate of drug-likeness (QED) is 0.111. The van der Waals surface area contributed by atoms with Crippen LogP contribution in [0.25, 0.3) is 21.7 Å². The highest BCUT2D eigenvalue weighted by Gasteiger charge is 2.21. The first-order valence-corrected chi connectivity index (χ1v) is 13.2. The van der Waals surface area contributed by atoms with Crippen LogP contribution in [0.1, 0.15) is 21.5 Å². The van der Waals surface area contributed by atoms with Gasteiger partial charge in [-0.15, -0.1) is 0 Å². The first kappa shape index (κ1) is 23.4. The van der Waals surface area contributed by atoms with Gasteiger partial charge in [0.2, 0.25) is 0 Å². The number of Topliss-reactive ketones (excluding diaryl/α,β-unsaturated/α-hetero) is 1. The maximum atomic E-state index is 13.8. The lowest BCUT2D eigenvalue weighted by Gasteiger charge is -2.14. The molecular formula is C27H21N3O2S3. The van der Waals surface area contributed by atoms with E-state index in [1.54, 1.807) is 16.7 Å². The van der Waals surface area contributed by atoms with Gasteiger partial charge in [0.05, 0.1) is 17.1 Å². The van der Waals surface area contributed by atoms with E-state index in [0.717, 1.165) is 16.8 Å². The van der Waals surface area contributed by atoms with Crippen LogP contribution in [-0.2, 0) is 0 Å². The molecule has 3 aromatic carbocycles. The number of carbonyl (C=O) groups is 1. The monoisotopic (exact) mass is 515 g/mol. The summed E-state index contributed by atoms with van der Waals surface area (Å²) in [6.45, 7) is 4.04. The highest BCUT2D eigenvalue weighted by atomic mass is 32.2. The van der Waals surface area contributed by atoms with Gasteiger partial charge in [0, 0.05) is 5.56 Å². The van der Waals surface area contributed by atoms with E-state index in [0.29, 0.717) is 30.7 Å². The van der Waals surface area contributed by atoms with Gasteiger partial charge < -0.3 is 0 Å². The van der Waals surface area contributed by atoms with Crippen LogP contribution >= 0.6 is 35.3 Å². The minimum atomic E-state index is -0.197. The largest absolute Gasteiger partial charge is 0.293 e. The Bertz CT molecular complexity index is 1650. The zero-order valence-corrected chi connectivity index (χ0v) is 21.5. The topological polar surface area (TPSA) is 56.9 Å². The summed E-state index contributed by atoms with van der Waals surface area (Å²) in [5, 5.41) is 0.450. The number of carbonyl (C=O) groups excluding carboxylic acids is 1. The maximum absolute atomic E-state index is 13.8. The molecule has 0 atom stereocenters. The van der Waals surface area contributed by atoms with Gasteiger partial charge in [-0.25, -0.2) is 4.98 Å². The van der Waals surface area contributed by atoms with Crippen molar-refractivity contribution in [1.82, 2.24) is 14.1 Å². The maximum Gasteiger partial charge on any atom is 0.278 e. The number of benzene rings is 3. The third-order valence-corrected chi connectivity index (χ3v) is 7.97. The second-order valence-corrected chi connectivity index (χ2v) is 10.6. The summed E-state index contributed by atoms with van der Waals surface area (Å²) in [6.07, 6.45) is 0. The van der Waals surface area contributed by atoms with Crippen LogP contribution in [0.5, 0.6) is 0 Å². The Labute approximate surface area is 215 Å². The van der Waals surface area contributed by atoms with Gasteiger partial charge >= 0.3 is 0 Å². The molecule has 0 amide bonds. The Morgan fingerprint density at radius 2 is 1.54 bits per heavy atom. The number of aryl methyl sites for hydroxylation is 2. The summed E-state index contributed by atoms with van der Waals surface area (Å²) in [4.78, 5) is 31.6. The molecule has 0 aliphatic rings. The first-order chi connectivity index (χ1) is 17.0. The number of nitrogens with zero attached hydrogens (tertiary/aromatic N) is 3. The number of hydrogen-bond donors (Lipinski definition) is 0. The fourth-order valence-electron chi connectivity index (χ4n) is 4.03. The number of aromatic nitrogens is 3. The molecule has 0 saturated heterocycles. The van der Waals surface area contributed by atoms with Gasteiger partial charge in [-0.3, -0.25) is 18.7 Å². The molecule has 0 fully saturated rings. The molecule has 2 aromatic heterocycles. The van der Waals surface area contributed by atoms with Gasteiger partial charge in [0.25, 0.3) is 5.56 Å². The van der Waals surface area contributed by atoms with E-state index in [1.165, 1.54) is 23.1 Å². The number of hydrogen-bond acceptors (Lipinski definition) is 6. The van der Waals surface area contributed by atoms with Crippen molar-refractivity contribution in [1.29, 1.82) is 0 Å². The predicted octanol–water partition coefficient (Wildman–Crippen LogP) is 6.56. The minimum Gasteiger partial charge on any atom is -0.293 e. The van der Waals surface area contributed by atoms with Crippen molar-refractivity contribution in [2.75, 3.05) is 5.75 Å². The standard InChI is InChI=1S/C27H21N3O2S3/c1-17-10-9-11-18(2)22(17)30-24-23(35-27(30)33)25(32)29(20-14-7-4-8-15-20)26(28-24)34-16-21(31)19-12-5-3-6-13-19/h3-15H,16H2,1-2H3. The Kier molecular flexibility index (Phi) is 6.51. The fourth-order valence-corrected chi connectivity index (χ4v) is 6.20. The Hall–Kier alpha value is -3.33. The van der Waals surface area contributed by atoms with Gasteiger partial charge in [-0.1, -0.05) is 89.8 Å². The highest BCUT2D eigenvalue weighted by molar-refractivity contribution is 7.99. The molecule has 0 unspecified atom stereocenters. The highest BCUT2D eigenvalue weighted by Crippen LogP contribution is 2.30. The third-order valence-electron chi connectivity index (χ3n) is 5.68. The van der Waals surface area contributed by atoms with Crippen LogP contribution in [0.15, 0.2) is 88.8 Å². The molecule has 0 saturated carbocycles. The van der Waals surface area contributed by atoms with Crippen molar-refractivity contribution in [3.05, 3.63) is 110 Å². The lowest BCUT2D eigenvalue weighted by molar-refractivity contribution is 0.102.